The molecule has 1 N–H and O–H groups in total. The zero-order chi connectivity index (χ0) is 22.3. The molecule has 0 bridgehead atoms. The second-order valence-corrected chi connectivity index (χ2v) is 7.50. The Hall–Kier alpha value is -3.02. The Balaban J connectivity index is 1.94. The van der Waals surface area contributed by atoms with Crippen LogP contribution in [0.4, 0.5) is 5.69 Å². The number of ether oxygens (including phenoxy) is 3. The second kappa shape index (κ2) is 10.7. The average molecular weight is 414 g/mol. The fraction of sp³-hybridized carbons (Fsp3) is 0.417. The molecule has 2 aromatic carbocycles. The summed E-state index contributed by atoms with van der Waals surface area (Å²) in [6, 6.07) is 11.4. The molecule has 6 nitrogen and oxygen atoms in total. The average Bonchev–Trinajstić information content (AvgIpc) is 2.72. The number of esters is 1. The van der Waals surface area contributed by atoms with Gasteiger partial charge in [-0.3, -0.25) is 9.59 Å². The lowest BCUT2D eigenvalue weighted by molar-refractivity contribution is -0.153. The van der Waals surface area contributed by atoms with Gasteiger partial charge < -0.3 is 19.5 Å². The Bertz CT molecular complexity index is 891. The maximum atomic E-state index is 12.6. The van der Waals surface area contributed by atoms with Gasteiger partial charge in [0.05, 0.1) is 14.2 Å². The van der Waals surface area contributed by atoms with Crippen LogP contribution in [0.2, 0.25) is 0 Å². The smallest absolute Gasteiger partial charge is 0.306 e. The van der Waals surface area contributed by atoms with Crippen LogP contribution in [0, 0.1) is 6.92 Å². The molecule has 0 heterocycles. The number of amides is 1. The Morgan fingerprint density at radius 2 is 1.70 bits per heavy atom. The summed E-state index contributed by atoms with van der Waals surface area (Å²) in [6.07, 6.45) is -0.250. The third-order valence-corrected chi connectivity index (χ3v) is 4.92. The highest BCUT2D eigenvalue weighted by Gasteiger charge is 2.20. The van der Waals surface area contributed by atoms with Crippen LogP contribution in [0.1, 0.15) is 49.8 Å². The summed E-state index contributed by atoms with van der Waals surface area (Å²) >= 11 is 0. The van der Waals surface area contributed by atoms with Crippen molar-refractivity contribution in [3.8, 4) is 11.5 Å². The molecule has 0 aliphatic carbocycles. The van der Waals surface area contributed by atoms with E-state index in [1.54, 1.807) is 27.2 Å². The summed E-state index contributed by atoms with van der Waals surface area (Å²) in [7, 11) is 3.14. The molecule has 162 valence electrons. The normalized spacial score (nSPS) is 11.7. The molecule has 0 radical (unpaired) electrons. The quantitative estimate of drug-likeness (QED) is 0.606. The van der Waals surface area contributed by atoms with Crippen LogP contribution >= 0.6 is 0 Å². The maximum absolute atomic E-state index is 12.6. The van der Waals surface area contributed by atoms with Gasteiger partial charge in [-0.05, 0) is 55.0 Å². The van der Waals surface area contributed by atoms with E-state index in [1.165, 1.54) is 0 Å². The van der Waals surface area contributed by atoms with E-state index in [-0.39, 0.29) is 18.2 Å². The summed E-state index contributed by atoms with van der Waals surface area (Å²) in [5, 5.41) is 2.92. The lowest BCUT2D eigenvalue weighted by atomic mass is 9.98. The number of nitrogens with one attached hydrogen (secondary N) is 1. The summed E-state index contributed by atoms with van der Waals surface area (Å²) in [6.45, 7) is 7.67. The number of carbonyl (C=O) groups excluding carboxylic acids is 2. The van der Waals surface area contributed by atoms with Gasteiger partial charge in [-0.25, -0.2) is 0 Å². The number of para-hydroxylation sites is 1. The summed E-state index contributed by atoms with van der Waals surface area (Å²) in [4.78, 5) is 24.8. The Kier molecular flexibility index (Phi) is 8.27. The van der Waals surface area contributed by atoms with Crippen molar-refractivity contribution in [2.24, 2.45) is 0 Å². The predicted octanol–water partition coefficient (Wildman–Crippen LogP) is 4.64. The summed E-state index contributed by atoms with van der Waals surface area (Å²) < 4.78 is 15.8. The first-order valence-electron chi connectivity index (χ1n) is 10.1. The molecule has 0 saturated carbocycles. The number of benzene rings is 2. The van der Waals surface area contributed by atoms with Gasteiger partial charge in [0.25, 0.3) is 5.91 Å². The Labute approximate surface area is 178 Å². The molecule has 30 heavy (non-hydrogen) atoms. The Morgan fingerprint density at radius 3 is 2.33 bits per heavy atom. The first-order valence-corrected chi connectivity index (χ1v) is 10.1. The second-order valence-electron chi connectivity index (χ2n) is 7.50. The zero-order valence-electron chi connectivity index (χ0n) is 18.6. The van der Waals surface area contributed by atoms with Crippen molar-refractivity contribution in [2.75, 3.05) is 19.5 Å². The molecule has 0 aromatic heterocycles. The lowest BCUT2D eigenvalue weighted by Gasteiger charge is -2.19. The van der Waals surface area contributed by atoms with Crippen LogP contribution in [-0.4, -0.2) is 32.2 Å². The molecular formula is C24H31NO5. The summed E-state index contributed by atoms with van der Waals surface area (Å²) in [5.74, 6) is 0.730. The highest BCUT2D eigenvalue weighted by atomic mass is 16.5. The molecule has 1 amide bonds. The van der Waals surface area contributed by atoms with Gasteiger partial charge in [-0.1, -0.05) is 38.1 Å². The van der Waals surface area contributed by atoms with Gasteiger partial charge in [0.15, 0.2) is 17.6 Å². The first-order chi connectivity index (χ1) is 14.3. The minimum atomic E-state index is -0.887. The van der Waals surface area contributed by atoms with Crippen LogP contribution in [0.25, 0.3) is 0 Å². The van der Waals surface area contributed by atoms with Crippen LogP contribution in [0.15, 0.2) is 36.4 Å². The number of aryl methyl sites for hydroxylation is 2. The molecule has 0 fully saturated rings. The first kappa shape index (κ1) is 23.3. The monoisotopic (exact) mass is 413 g/mol. The fourth-order valence-electron chi connectivity index (χ4n) is 3.16. The number of methoxy groups -OCH3 is 2. The third kappa shape index (κ3) is 5.99. The van der Waals surface area contributed by atoms with Crippen molar-refractivity contribution in [3.63, 3.8) is 0 Å². The van der Waals surface area contributed by atoms with E-state index in [0.717, 1.165) is 22.4 Å². The van der Waals surface area contributed by atoms with Crippen LogP contribution in [0.5, 0.6) is 11.5 Å². The molecular weight excluding hydrogens is 382 g/mol. The van der Waals surface area contributed by atoms with Crippen LogP contribution in [-0.2, 0) is 20.7 Å². The highest BCUT2D eigenvalue weighted by molar-refractivity contribution is 5.96. The largest absolute Gasteiger partial charge is 0.493 e. The molecule has 0 saturated heterocycles. The van der Waals surface area contributed by atoms with E-state index in [1.807, 2.05) is 37.3 Å². The molecule has 0 aliphatic heterocycles. The summed E-state index contributed by atoms with van der Waals surface area (Å²) in [5.41, 5.74) is 3.73. The van der Waals surface area contributed by atoms with Gasteiger partial charge in [0.1, 0.15) is 0 Å². The predicted molar refractivity (Wildman–Crippen MR) is 117 cm³/mol. The van der Waals surface area contributed by atoms with Crippen LogP contribution in [0.3, 0.4) is 0 Å². The van der Waals surface area contributed by atoms with E-state index in [4.69, 9.17) is 14.2 Å². The number of hydrogen-bond donors (Lipinski definition) is 1. The minimum Gasteiger partial charge on any atom is -0.493 e. The molecule has 0 aliphatic rings. The van der Waals surface area contributed by atoms with Gasteiger partial charge in [-0.2, -0.15) is 0 Å². The van der Waals surface area contributed by atoms with Gasteiger partial charge in [0, 0.05) is 12.1 Å². The van der Waals surface area contributed by atoms with E-state index in [0.29, 0.717) is 17.9 Å². The minimum absolute atomic E-state index is 0.161. The van der Waals surface area contributed by atoms with Crippen molar-refractivity contribution in [1.29, 1.82) is 0 Å². The molecule has 2 aromatic rings. The van der Waals surface area contributed by atoms with E-state index >= 15 is 0 Å². The van der Waals surface area contributed by atoms with Crippen molar-refractivity contribution in [2.45, 2.75) is 52.6 Å². The number of carbonyl (C=O) groups is 2. The molecule has 2 rings (SSSR count). The Morgan fingerprint density at radius 1 is 1.00 bits per heavy atom. The number of hydrogen-bond acceptors (Lipinski definition) is 5. The standard InChI is InChI=1S/C24H31NO5/c1-15(2)19-9-7-8-16(3)23(19)25-24(27)17(4)30-22(26)13-11-18-10-12-20(28-5)21(14-18)29-6/h7-10,12,14-15,17H,11,13H2,1-6H3,(H,25,27)/t17-/m1/s1. The van der Waals surface area contributed by atoms with E-state index in [9.17, 15) is 9.59 Å². The topological polar surface area (TPSA) is 73.9 Å². The van der Waals surface area contributed by atoms with Crippen molar-refractivity contribution in [1.82, 2.24) is 0 Å². The number of anilines is 1. The van der Waals surface area contributed by atoms with Gasteiger partial charge in [-0.15, -0.1) is 0 Å². The van der Waals surface area contributed by atoms with Crippen molar-refractivity contribution in [3.05, 3.63) is 53.1 Å². The molecule has 1 atom stereocenters. The van der Waals surface area contributed by atoms with E-state index < -0.39 is 12.1 Å². The van der Waals surface area contributed by atoms with Gasteiger partial charge in [0.2, 0.25) is 0 Å². The third-order valence-electron chi connectivity index (χ3n) is 4.92. The maximum Gasteiger partial charge on any atom is 0.306 e. The fourth-order valence-corrected chi connectivity index (χ4v) is 3.16. The molecule has 0 spiro atoms. The molecule has 6 heteroatoms. The van der Waals surface area contributed by atoms with Crippen LogP contribution < -0.4 is 14.8 Å². The van der Waals surface area contributed by atoms with E-state index in [2.05, 4.69) is 19.2 Å². The molecule has 0 unspecified atom stereocenters. The SMILES string of the molecule is COc1ccc(CCC(=O)O[C@H](C)C(=O)Nc2c(C)cccc2C(C)C)cc1OC. The zero-order valence-corrected chi connectivity index (χ0v) is 18.6. The number of rotatable bonds is 9. The van der Waals surface area contributed by atoms with Crippen molar-refractivity contribution < 1.29 is 23.8 Å². The highest BCUT2D eigenvalue weighted by Crippen LogP contribution is 2.29. The van der Waals surface area contributed by atoms with Gasteiger partial charge >= 0.3 is 5.97 Å². The van der Waals surface area contributed by atoms with Crippen molar-refractivity contribution >= 4 is 17.6 Å². The lowest BCUT2D eigenvalue weighted by Crippen LogP contribution is -2.30.